The Balaban J connectivity index is 2.34. The third-order valence-electron chi connectivity index (χ3n) is 4.73. The Hall–Kier alpha value is -1.28. The van der Waals surface area contributed by atoms with Crippen LogP contribution < -0.4 is 0 Å². The smallest absolute Gasteiger partial charge is 0.119 e. The Labute approximate surface area is 128 Å². The van der Waals surface area contributed by atoms with Crippen LogP contribution in [0.4, 0.5) is 0 Å². The van der Waals surface area contributed by atoms with E-state index in [0.29, 0.717) is 23.5 Å². The molecule has 0 spiro atoms. The maximum Gasteiger partial charge on any atom is 0.119 e. The van der Waals surface area contributed by atoms with E-state index in [-0.39, 0.29) is 6.61 Å². The first kappa shape index (κ1) is 16.1. The van der Waals surface area contributed by atoms with Gasteiger partial charge in [-0.25, -0.2) is 0 Å². The van der Waals surface area contributed by atoms with Crippen LogP contribution in [0.25, 0.3) is 0 Å². The molecule has 2 nitrogen and oxygen atoms in total. The number of aryl methyl sites for hydroxylation is 1. The second-order valence-electron chi connectivity index (χ2n) is 6.71. The summed E-state index contributed by atoms with van der Waals surface area (Å²) in [5.74, 6) is 1.92. The molecule has 0 bridgehead atoms. The van der Waals surface area contributed by atoms with Crippen LogP contribution in [0.2, 0.25) is 0 Å². The van der Waals surface area contributed by atoms with Gasteiger partial charge in [0.2, 0.25) is 0 Å². The first-order valence-corrected chi connectivity index (χ1v) is 8.13. The van der Waals surface area contributed by atoms with E-state index in [4.69, 9.17) is 5.11 Å². The van der Waals surface area contributed by atoms with Crippen LogP contribution in [0.15, 0.2) is 29.8 Å². The molecule has 1 aliphatic rings. The molecule has 0 saturated carbocycles. The Bertz CT molecular complexity index is 502. The van der Waals surface area contributed by atoms with E-state index in [9.17, 15) is 5.11 Å². The van der Waals surface area contributed by atoms with Gasteiger partial charge in [-0.05, 0) is 56.1 Å². The van der Waals surface area contributed by atoms with Crippen LogP contribution in [0.1, 0.15) is 57.1 Å². The minimum Gasteiger partial charge on any atom is -0.508 e. The fraction of sp³-hybridized carbons (Fsp3) is 0.579. The zero-order valence-corrected chi connectivity index (χ0v) is 13.5. The average Bonchev–Trinajstić information content (AvgIpc) is 2.46. The Morgan fingerprint density at radius 3 is 2.71 bits per heavy atom. The van der Waals surface area contributed by atoms with Gasteiger partial charge in [-0.1, -0.05) is 37.6 Å². The zero-order chi connectivity index (χ0) is 15.4. The van der Waals surface area contributed by atoms with Crippen molar-refractivity contribution in [3.05, 3.63) is 41.0 Å². The molecule has 0 radical (unpaired) electrons. The van der Waals surface area contributed by atoms with Crippen LogP contribution in [-0.4, -0.2) is 16.8 Å². The monoisotopic (exact) mass is 288 g/mol. The molecule has 2 N–H and O–H groups in total. The second-order valence-corrected chi connectivity index (χ2v) is 6.71. The molecule has 1 aromatic carbocycles. The number of allylic oxidation sites excluding steroid dienone is 2. The fourth-order valence-electron chi connectivity index (χ4n) is 3.47. The Morgan fingerprint density at radius 1 is 1.29 bits per heavy atom. The summed E-state index contributed by atoms with van der Waals surface area (Å²) in [7, 11) is 0. The predicted octanol–water partition coefficient (Wildman–Crippen LogP) is 4.41. The zero-order valence-electron chi connectivity index (χ0n) is 13.5. The second kappa shape index (κ2) is 7.13. The number of benzene rings is 1. The first-order valence-electron chi connectivity index (χ1n) is 8.13. The molecule has 0 fully saturated rings. The average molecular weight is 288 g/mol. The maximum atomic E-state index is 10.3. The molecule has 1 aliphatic carbocycles. The van der Waals surface area contributed by atoms with Crippen molar-refractivity contribution in [3.63, 3.8) is 0 Å². The minimum atomic E-state index is 0.216. The number of aliphatic hydroxyl groups is 1. The lowest BCUT2D eigenvalue weighted by Gasteiger charge is -2.33. The maximum absolute atomic E-state index is 10.3. The van der Waals surface area contributed by atoms with Crippen molar-refractivity contribution in [3.8, 4) is 5.75 Å². The van der Waals surface area contributed by atoms with Gasteiger partial charge in [-0.2, -0.15) is 0 Å². The highest BCUT2D eigenvalue weighted by Gasteiger charge is 2.29. The summed E-state index contributed by atoms with van der Waals surface area (Å²) < 4.78 is 0. The molecule has 2 rings (SSSR count). The van der Waals surface area contributed by atoms with Crippen LogP contribution in [0.5, 0.6) is 5.75 Å². The predicted molar refractivity (Wildman–Crippen MR) is 87.6 cm³/mol. The molecule has 21 heavy (non-hydrogen) atoms. The summed E-state index contributed by atoms with van der Waals surface area (Å²) in [4.78, 5) is 0. The van der Waals surface area contributed by atoms with Crippen molar-refractivity contribution in [2.75, 3.05) is 6.61 Å². The van der Waals surface area contributed by atoms with Gasteiger partial charge in [0.15, 0.2) is 0 Å². The van der Waals surface area contributed by atoms with E-state index in [2.05, 4.69) is 32.9 Å². The number of aromatic hydroxyl groups is 1. The summed E-state index contributed by atoms with van der Waals surface area (Å²) in [5, 5.41) is 19.3. The van der Waals surface area contributed by atoms with Crippen molar-refractivity contribution >= 4 is 0 Å². The van der Waals surface area contributed by atoms with Crippen molar-refractivity contribution in [1.29, 1.82) is 0 Å². The number of phenolic OH excluding ortho intramolecular Hbond substituents is 1. The van der Waals surface area contributed by atoms with Gasteiger partial charge >= 0.3 is 0 Å². The molecule has 0 amide bonds. The van der Waals surface area contributed by atoms with Crippen molar-refractivity contribution in [2.24, 2.45) is 11.8 Å². The highest BCUT2D eigenvalue weighted by Crippen LogP contribution is 2.43. The van der Waals surface area contributed by atoms with Gasteiger partial charge in [0.05, 0.1) is 0 Å². The first-order chi connectivity index (χ1) is 10.0. The van der Waals surface area contributed by atoms with Gasteiger partial charge in [0.1, 0.15) is 5.75 Å². The van der Waals surface area contributed by atoms with Gasteiger partial charge in [0.25, 0.3) is 0 Å². The third kappa shape index (κ3) is 3.88. The Kier molecular flexibility index (Phi) is 5.46. The van der Waals surface area contributed by atoms with E-state index >= 15 is 0 Å². The van der Waals surface area contributed by atoms with Crippen molar-refractivity contribution < 1.29 is 10.2 Å². The number of rotatable bonds is 5. The van der Waals surface area contributed by atoms with E-state index in [1.54, 1.807) is 0 Å². The molecule has 2 heteroatoms. The summed E-state index contributed by atoms with van der Waals surface area (Å²) in [5.41, 5.74) is 3.69. The summed E-state index contributed by atoms with van der Waals surface area (Å²) in [6, 6.07) is 5.93. The molecule has 2 atom stereocenters. The summed E-state index contributed by atoms with van der Waals surface area (Å²) >= 11 is 0. The van der Waals surface area contributed by atoms with E-state index in [1.165, 1.54) is 24.0 Å². The lowest BCUT2D eigenvalue weighted by atomic mass is 9.72. The fourth-order valence-corrected chi connectivity index (χ4v) is 3.47. The van der Waals surface area contributed by atoms with E-state index in [1.807, 2.05) is 12.1 Å². The molecule has 116 valence electrons. The molecule has 0 aliphatic heterocycles. The van der Waals surface area contributed by atoms with Crippen LogP contribution >= 0.6 is 0 Å². The van der Waals surface area contributed by atoms with Gasteiger partial charge < -0.3 is 10.2 Å². The summed E-state index contributed by atoms with van der Waals surface area (Å²) in [6.45, 7) is 6.96. The molecule has 0 saturated heterocycles. The van der Waals surface area contributed by atoms with Crippen LogP contribution in [-0.2, 0) is 6.42 Å². The van der Waals surface area contributed by atoms with Crippen LogP contribution in [0, 0.1) is 11.8 Å². The number of hydrogen-bond donors (Lipinski definition) is 2. The SMILES string of the molecule is CC1=C[C@@H](c2cc(CCCO)ccc2O)[C@H](C(C)C)CC1. The molecular weight excluding hydrogens is 260 g/mol. The molecule has 0 unspecified atom stereocenters. The Morgan fingerprint density at radius 2 is 2.05 bits per heavy atom. The topological polar surface area (TPSA) is 40.5 Å². The largest absolute Gasteiger partial charge is 0.508 e. The normalized spacial score (nSPS) is 22.4. The highest BCUT2D eigenvalue weighted by molar-refractivity contribution is 5.42. The number of phenols is 1. The van der Waals surface area contributed by atoms with Gasteiger partial charge in [-0.3, -0.25) is 0 Å². The molecular formula is C19H28O2. The molecule has 0 aromatic heterocycles. The third-order valence-corrected chi connectivity index (χ3v) is 4.73. The van der Waals surface area contributed by atoms with Crippen LogP contribution in [0.3, 0.4) is 0 Å². The molecule has 0 heterocycles. The van der Waals surface area contributed by atoms with Crippen molar-refractivity contribution in [2.45, 2.75) is 52.4 Å². The lowest BCUT2D eigenvalue weighted by molar-refractivity contribution is 0.288. The molecule has 1 aromatic rings. The van der Waals surface area contributed by atoms with Gasteiger partial charge in [-0.15, -0.1) is 0 Å². The standard InChI is InChI=1S/C19H28O2/c1-13(2)16-8-6-14(3)11-17(16)18-12-15(5-4-10-20)7-9-19(18)21/h7,9,11-13,16-17,20-21H,4-6,8,10H2,1-3H3/t16-,17+/m0/s1. The van der Waals surface area contributed by atoms with Gasteiger partial charge in [0, 0.05) is 18.1 Å². The van der Waals surface area contributed by atoms with E-state index in [0.717, 1.165) is 18.4 Å². The number of hydrogen-bond acceptors (Lipinski definition) is 2. The minimum absolute atomic E-state index is 0.216. The number of aliphatic hydroxyl groups excluding tert-OH is 1. The quantitative estimate of drug-likeness (QED) is 0.788. The van der Waals surface area contributed by atoms with E-state index < -0.39 is 0 Å². The lowest BCUT2D eigenvalue weighted by Crippen LogP contribution is -2.21. The highest BCUT2D eigenvalue weighted by atomic mass is 16.3. The van der Waals surface area contributed by atoms with Crippen molar-refractivity contribution in [1.82, 2.24) is 0 Å². The summed E-state index contributed by atoms with van der Waals surface area (Å²) in [6.07, 6.45) is 6.36.